The molecule has 0 saturated heterocycles. The average molecular weight is 390 g/mol. The molecular weight excluding hydrogens is 368 g/mol. The van der Waals surface area contributed by atoms with Crippen molar-refractivity contribution in [2.24, 2.45) is 0 Å². The summed E-state index contributed by atoms with van der Waals surface area (Å²) in [6.07, 6.45) is -0.0126. The molecule has 1 aromatic heterocycles. The van der Waals surface area contributed by atoms with Crippen LogP contribution in [0.3, 0.4) is 0 Å². The van der Waals surface area contributed by atoms with Crippen molar-refractivity contribution in [2.75, 3.05) is 20.3 Å². The molecule has 0 saturated carbocycles. The van der Waals surface area contributed by atoms with Crippen molar-refractivity contribution in [3.63, 3.8) is 0 Å². The number of hydrogen-bond acceptors (Lipinski definition) is 5. The molecule has 1 aliphatic carbocycles. The lowest BCUT2D eigenvalue weighted by molar-refractivity contribution is 0.126. The van der Waals surface area contributed by atoms with Crippen molar-refractivity contribution in [1.82, 2.24) is 10.3 Å². The molecule has 6 nitrogen and oxygen atoms in total. The highest BCUT2D eigenvalue weighted by molar-refractivity contribution is 5.79. The summed E-state index contributed by atoms with van der Waals surface area (Å²) >= 11 is 0. The molecular formula is C23H22N2O4. The Morgan fingerprint density at radius 1 is 1.07 bits per heavy atom. The van der Waals surface area contributed by atoms with E-state index >= 15 is 0 Å². The molecule has 0 aliphatic heterocycles. The second-order valence-corrected chi connectivity index (χ2v) is 6.81. The standard InChI is InChI=1S/C23H22N2O4/c1-28-21-11-6-12-24-22(21)20(26)13-25-23(27)29-14-19-17-9-4-2-7-15(17)16-8-3-5-10-18(16)19/h2-12,19-20,26H,13-14H2,1H3,(H,25,27). The third-order valence-electron chi connectivity index (χ3n) is 5.12. The molecule has 0 bridgehead atoms. The Kier molecular flexibility index (Phi) is 5.44. The summed E-state index contributed by atoms with van der Waals surface area (Å²) in [6.45, 7) is 0.201. The minimum absolute atomic E-state index is 0.00559. The van der Waals surface area contributed by atoms with E-state index in [1.165, 1.54) is 18.2 Å². The molecule has 1 unspecified atom stereocenters. The summed E-state index contributed by atoms with van der Waals surface area (Å²) in [7, 11) is 1.51. The van der Waals surface area contributed by atoms with Crippen LogP contribution in [0.1, 0.15) is 28.8 Å². The maximum absolute atomic E-state index is 12.2. The third kappa shape index (κ3) is 3.79. The fourth-order valence-electron chi connectivity index (χ4n) is 3.75. The van der Waals surface area contributed by atoms with Crippen LogP contribution in [0.2, 0.25) is 0 Å². The number of methoxy groups -OCH3 is 1. The Morgan fingerprint density at radius 2 is 1.72 bits per heavy atom. The summed E-state index contributed by atoms with van der Waals surface area (Å²) in [4.78, 5) is 16.3. The van der Waals surface area contributed by atoms with Gasteiger partial charge in [-0.05, 0) is 34.4 Å². The molecule has 0 fully saturated rings. The van der Waals surface area contributed by atoms with Crippen molar-refractivity contribution >= 4 is 6.09 Å². The van der Waals surface area contributed by atoms with Crippen LogP contribution in [0.25, 0.3) is 11.1 Å². The number of nitrogens with one attached hydrogen (secondary N) is 1. The number of aliphatic hydroxyl groups is 1. The highest BCUT2D eigenvalue weighted by atomic mass is 16.5. The Bertz CT molecular complexity index is 976. The Hall–Kier alpha value is -3.38. The second-order valence-electron chi connectivity index (χ2n) is 6.81. The number of benzene rings is 2. The van der Waals surface area contributed by atoms with Crippen molar-refractivity contribution in [1.29, 1.82) is 0 Å². The SMILES string of the molecule is COc1cccnc1C(O)CNC(=O)OCC1c2ccccc2-c2ccccc21. The van der Waals surface area contributed by atoms with Crippen molar-refractivity contribution in [3.05, 3.63) is 83.7 Å². The van der Waals surface area contributed by atoms with Crippen LogP contribution in [-0.4, -0.2) is 36.4 Å². The first-order chi connectivity index (χ1) is 14.2. The Labute approximate surface area is 169 Å². The zero-order chi connectivity index (χ0) is 20.2. The lowest BCUT2D eigenvalue weighted by Crippen LogP contribution is -2.30. The van der Waals surface area contributed by atoms with Gasteiger partial charge in [-0.1, -0.05) is 48.5 Å². The van der Waals surface area contributed by atoms with E-state index in [1.54, 1.807) is 18.3 Å². The van der Waals surface area contributed by atoms with Crippen LogP contribution in [-0.2, 0) is 4.74 Å². The predicted molar refractivity (Wildman–Crippen MR) is 109 cm³/mol. The predicted octanol–water partition coefficient (Wildman–Crippen LogP) is 3.66. The quantitative estimate of drug-likeness (QED) is 0.671. The fraction of sp³-hybridized carbons (Fsp3) is 0.217. The average Bonchev–Trinajstić information content (AvgIpc) is 3.09. The molecule has 2 aromatic carbocycles. The molecule has 1 aliphatic rings. The summed E-state index contributed by atoms with van der Waals surface area (Å²) in [6, 6.07) is 19.7. The molecule has 6 heteroatoms. The number of rotatable bonds is 6. The van der Waals surface area contributed by atoms with E-state index in [0.717, 1.165) is 11.1 Å². The highest BCUT2D eigenvalue weighted by Crippen LogP contribution is 2.44. The van der Waals surface area contributed by atoms with Crippen LogP contribution in [0, 0.1) is 0 Å². The fourth-order valence-corrected chi connectivity index (χ4v) is 3.75. The second kappa shape index (κ2) is 8.32. The monoisotopic (exact) mass is 390 g/mol. The number of ether oxygens (including phenoxy) is 2. The zero-order valence-electron chi connectivity index (χ0n) is 16.0. The number of aromatic nitrogens is 1. The number of pyridine rings is 1. The molecule has 0 radical (unpaired) electrons. The normalized spacial score (nSPS) is 13.3. The van der Waals surface area contributed by atoms with E-state index in [-0.39, 0.29) is 19.1 Å². The Balaban J connectivity index is 1.38. The van der Waals surface area contributed by atoms with Gasteiger partial charge in [0.15, 0.2) is 0 Å². The van der Waals surface area contributed by atoms with Crippen LogP contribution in [0.4, 0.5) is 4.79 Å². The molecule has 4 rings (SSSR count). The molecule has 29 heavy (non-hydrogen) atoms. The maximum atomic E-state index is 12.2. The topological polar surface area (TPSA) is 80.7 Å². The van der Waals surface area contributed by atoms with E-state index < -0.39 is 12.2 Å². The number of fused-ring (bicyclic) bond motifs is 3. The minimum atomic E-state index is -0.994. The van der Waals surface area contributed by atoms with Crippen LogP contribution in [0.5, 0.6) is 5.75 Å². The van der Waals surface area contributed by atoms with Gasteiger partial charge in [0, 0.05) is 12.1 Å². The number of nitrogens with zero attached hydrogens (tertiary/aromatic N) is 1. The number of carbonyl (C=O) groups is 1. The van der Waals surface area contributed by atoms with Gasteiger partial charge in [0.25, 0.3) is 0 Å². The lowest BCUT2D eigenvalue weighted by atomic mass is 9.98. The summed E-state index contributed by atoms with van der Waals surface area (Å²) in [5, 5.41) is 12.9. The first-order valence-electron chi connectivity index (χ1n) is 9.45. The molecule has 2 N–H and O–H groups in total. The van der Waals surface area contributed by atoms with Gasteiger partial charge >= 0.3 is 6.09 Å². The van der Waals surface area contributed by atoms with Gasteiger partial charge in [-0.2, -0.15) is 0 Å². The van der Waals surface area contributed by atoms with E-state index in [4.69, 9.17) is 9.47 Å². The number of carbonyl (C=O) groups excluding carboxylic acids is 1. The summed E-state index contributed by atoms with van der Waals surface area (Å²) < 4.78 is 10.7. The van der Waals surface area contributed by atoms with Gasteiger partial charge in [0.1, 0.15) is 24.2 Å². The van der Waals surface area contributed by atoms with E-state index in [9.17, 15) is 9.90 Å². The highest BCUT2D eigenvalue weighted by Gasteiger charge is 2.29. The smallest absolute Gasteiger partial charge is 0.407 e. The van der Waals surface area contributed by atoms with Crippen molar-refractivity contribution in [2.45, 2.75) is 12.0 Å². The van der Waals surface area contributed by atoms with Gasteiger partial charge in [-0.15, -0.1) is 0 Å². The maximum Gasteiger partial charge on any atom is 0.407 e. The first-order valence-corrected chi connectivity index (χ1v) is 9.45. The number of hydrogen-bond donors (Lipinski definition) is 2. The van der Waals surface area contributed by atoms with E-state index in [1.807, 2.05) is 24.3 Å². The van der Waals surface area contributed by atoms with Gasteiger partial charge in [0.2, 0.25) is 0 Å². The van der Waals surface area contributed by atoms with Gasteiger partial charge in [-0.25, -0.2) is 4.79 Å². The Morgan fingerprint density at radius 3 is 2.38 bits per heavy atom. The molecule has 3 aromatic rings. The van der Waals surface area contributed by atoms with Crippen molar-refractivity contribution in [3.8, 4) is 16.9 Å². The van der Waals surface area contributed by atoms with E-state index in [0.29, 0.717) is 11.4 Å². The van der Waals surface area contributed by atoms with Crippen LogP contribution >= 0.6 is 0 Å². The molecule has 1 atom stereocenters. The zero-order valence-corrected chi connectivity index (χ0v) is 16.0. The summed E-state index contributed by atoms with van der Waals surface area (Å²) in [5.41, 5.74) is 5.03. The molecule has 1 amide bonds. The molecule has 1 heterocycles. The van der Waals surface area contributed by atoms with Crippen molar-refractivity contribution < 1.29 is 19.4 Å². The largest absolute Gasteiger partial charge is 0.495 e. The lowest BCUT2D eigenvalue weighted by Gasteiger charge is -2.16. The van der Waals surface area contributed by atoms with Gasteiger partial charge in [-0.3, -0.25) is 4.98 Å². The first kappa shape index (κ1) is 19.0. The van der Waals surface area contributed by atoms with E-state index in [2.05, 4.69) is 34.6 Å². The van der Waals surface area contributed by atoms with Gasteiger partial charge in [0.05, 0.1) is 13.7 Å². The number of aliphatic hydroxyl groups excluding tert-OH is 1. The van der Waals surface area contributed by atoms with Crippen LogP contribution in [0.15, 0.2) is 66.9 Å². The van der Waals surface area contributed by atoms with Crippen LogP contribution < -0.4 is 10.1 Å². The summed E-state index contributed by atoms with van der Waals surface area (Å²) in [5.74, 6) is 0.461. The number of alkyl carbamates (subject to hydrolysis) is 1. The van der Waals surface area contributed by atoms with Gasteiger partial charge < -0.3 is 19.9 Å². The third-order valence-corrected chi connectivity index (χ3v) is 5.12. The number of amides is 1. The molecule has 0 spiro atoms. The molecule has 148 valence electrons. The minimum Gasteiger partial charge on any atom is -0.495 e.